The van der Waals surface area contributed by atoms with E-state index in [2.05, 4.69) is 0 Å². The maximum Gasteiger partial charge on any atom is 0.236 e. The molecule has 0 aliphatic carbocycles. The van der Waals surface area contributed by atoms with Crippen LogP contribution in [0.3, 0.4) is 0 Å². The monoisotopic (exact) mass is 282 g/mol. The first-order chi connectivity index (χ1) is 9.69. The van der Waals surface area contributed by atoms with Gasteiger partial charge in [-0.05, 0) is 0 Å². The van der Waals surface area contributed by atoms with Crippen molar-refractivity contribution in [2.75, 3.05) is 53.0 Å². The average molecular weight is 282 g/mol. The van der Waals surface area contributed by atoms with Crippen molar-refractivity contribution in [1.82, 2.24) is 9.80 Å². The van der Waals surface area contributed by atoms with Crippen LogP contribution in [0.1, 0.15) is 12.8 Å². The second-order valence-electron chi connectivity index (χ2n) is 4.19. The lowest BCUT2D eigenvalue weighted by molar-refractivity contribution is -0.132. The number of carbonyl (C=O) groups excluding carboxylic acids is 1. The largest absolute Gasteiger partial charge is 0.395 e. The summed E-state index contributed by atoms with van der Waals surface area (Å²) in [6.45, 7) is 2.19. The number of rotatable bonds is 11. The van der Waals surface area contributed by atoms with Crippen LogP contribution in [0.2, 0.25) is 0 Å². The van der Waals surface area contributed by atoms with Crippen LogP contribution in [-0.2, 0) is 9.53 Å². The fourth-order valence-electron chi connectivity index (χ4n) is 1.65. The molecule has 7 nitrogen and oxygen atoms in total. The molecule has 1 N–H and O–H groups in total. The number of amides is 1. The lowest BCUT2D eigenvalue weighted by atomic mass is 10.3. The second-order valence-corrected chi connectivity index (χ2v) is 4.19. The molecule has 0 aliphatic heterocycles. The molecule has 0 bridgehead atoms. The maximum absolute atomic E-state index is 12.1. The minimum atomic E-state index is -0.139. The number of hydrogen-bond acceptors (Lipinski definition) is 6. The van der Waals surface area contributed by atoms with Gasteiger partial charge in [-0.2, -0.15) is 10.5 Å². The number of carbonyl (C=O) groups is 1. The van der Waals surface area contributed by atoms with Crippen LogP contribution in [0.5, 0.6) is 0 Å². The molecule has 7 heteroatoms. The van der Waals surface area contributed by atoms with Crippen LogP contribution >= 0.6 is 0 Å². The Morgan fingerprint density at radius 1 is 1.15 bits per heavy atom. The van der Waals surface area contributed by atoms with Crippen molar-refractivity contribution in [3.05, 3.63) is 0 Å². The number of aliphatic hydroxyl groups excluding tert-OH is 1. The molecule has 0 spiro atoms. The third-order valence-corrected chi connectivity index (χ3v) is 2.73. The zero-order valence-corrected chi connectivity index (χ0v) is 11.9. The average Bonchev–Trinajstić information content (AvgIpc) is 2.45. The van der Waals surface area contributed by atoms with Gasteiger partial charge in [0.1, 0.15) is 0 Å². The molecule has 0 saturated carbocycles. The van der Waals surface area contributed by atoms with Gasteiger partial charge in [-0.3, -0.25) is 9.69 Å². The van der Waals surface area contributed by atoms with E-state index in [1.54, 1.807) is 12.0 Å². The number of ether oxygens (including phenoxy) is 1. The van der Waals surface area contributed by atoms with Crippen molar-refractivity contribution in [2.45, 2.75) is 12.8 Å². The summed E-state index contributed by atoms with van der Waals surface area (Å²) in [6, 6.07) is 3.98. The van der Waals surface area contributed by atoms with Gasteiger partial charge in [0.05, 0.1) is 44.7 Å². The summed E-state index contributed by atoms with van der Waals surface area (Å²) in [5.74, 6) is -0.139. The van der Waals surface area contributed by atoms with E-state index in [9.17, 15) is 4.79 Å². The summed E-state index contributed by atoms with van der Waals surface area (Å²) in [7, 11) is 1.57. The van der Waals surface area contributed by atoms with Crippen molar-refractivity contribution < 1.29 is 14.6 Å². The molecular weight excluding hydrogens is 260 g/mol. The van der Waals surface area contributed by atoms with Gasteiger partial charge >= 0.3 is 0 Å². The molecule has 112 valence electrons. The predicted octanol–water partition coefficient (Wildman–Crippen LogP) is -0.417. The van der Waals surface area contributed by atoms with Crippen LogP contribution in [0.4, 0.5) is 0 Å². The lowest BCUT2D eigenvalue weighted by Crippen LogP contribution is -2.43. The number of methoxy groups -OCH3 is 1. The molecule has 0 aromatic carbocycles. The van der Waals surface area contributed by atoms with E-state index in [1.807, 2.05) is 12.1 Å². The quantitative estimate of drug-likeness (QED) is 0.552. The van der Waals surface area contributed by atoms with Crippen molar-refractivity contribution in [3.8, 4) is 12.1 Å². The molecule has 0 atom stereocenters. The highest BCUT2D eigenvalue weighted by Gasteiger charge is 2.16. The zero-order chi connectivity index (χ0) is 15.2. The van der Waals surface area contributed by atoms with Crippen molar-refractivity contribution in [2.24, 2.45) is 0 Å². The lowest BCUT2D eigenvalue weighted by Gasteiger charge is -2.26. The van der Waals surface area contributed by atoms with E-state index in [1.165, 1.54) is 4.90 Å². The van der Waals surface area contributed by atoms with E-state index in [0.29, 0.717) is 32.8 Å². The molecule has 1 amide bonds. The Hall–Kier alpha value is -1.67. The maximum atomic E-state index is 12.1. The van der Waals surface area contributed by atoms with E-state index >= 15 is 0 Å². The van der Waals surface area contributed by atoms with Crippen LogP contribution in [-0.4, -0.2) is 73.9 Å². The Kier molecular flexibility index (Phi) is 11.3. The van der Waals surface area contributed by atoms with E-state index < -0.39 is 0 Å². The number of nitrogens with zero attached hydrogens (tertiary/aromatic N) is 4. The van der Waals surface area contributed by atoms with Crippen molar-refractivity contribution >= 4 is 5.91 Å². The predicted molar refractivity (Wildman–Crippen MR) is 72.4 cm³/mol. The fraction of sp³-hybridized carbons (Fsp3) is 0.769. The van der Waals surface area contributed by atoms with E-state index in [-0.39, 0.29) is 31.9 Å². The van der Waals surface area contributed by atoms with Crippen LogP contribution < -0.4 is 0 Å². The molecule has 0 unspecified atom stereocenters. The Morgan fingerprint density at radius 2 is 1.75 bits per heavy atom. The smallest absolute Gasteiger partial charge is 0.236 e. The highest BCUT2D eigenvalue weighted by Crippen LogP contribution is 1.98. The fourth-order valence-corrected chi connectivity index (χ4v) is 1.65. The molecule has 0 heterocycles. The van der Waals surface area contributed by atoms with E-state index in [4.69, 9.17) is 20.4 Å². The Bertz CT molecular complexity index is 331. The van der Waals surface area contributed by atoms with Gasteiger partial charge in [0.2, 0.25) is 5.91 Å². The highest BCUT2D eigenvalue weighted by atomic mass is 16.5. The molecule has 0 rings (SSSR count). The first-order valence-electron chi connectivity index (χ1n) is 6.53. The summed E-state index contributed by atoms with van der Waals surface area (Å²) in [6.07, 6.45) is 0.491. The Morgan fingerprint density at radius 3 is 2.20 bits per heavy atom. The van der Waals surface area contributed by atoms with Gasteiger partial charge in [-0.15, -0.1) is 0 Å². The Labute approximate surface area is 119 Å². The normalized spacial score (nSPS) is 10.1. The van der Waals surface area contributed by atoms with Gasteiger partial charge < -0.3 is 14.7 Å². The van der Waals surface area contributed by atoms with Crippen LogP contribution in [0, 0.1) is 22.7 Å². The summed E-state index contributed by atoms with van der Waals surface area (Å²) in [5, 5.41) is 26.2. The molecule has 20 heavy (non-hydrogen) atoms. The topological polar surface area (TPSA) is 101 Å². The number of aliphatic hydroxyl groups is 1. The number of nitriles is 2. The third-order valence-electron chi connectivity index (χ3n) is 2.73. The summed E-state index contributed by atoms with van der Waals surface area (Å²) < 4.78 is 4.96. The SMILES string of the molecule is COCCN(CCO)CC(=O)N(CCC#N)CCC#N. The second kappa shape index (κ2) is 12.4. The van der Waals surface area contributed by atoms with Crippen LogP contribution in [0.15, 0.2) is 0 Å². The number of hydrogen-bond donors (Lipinski definition) is 1. The highest BCUT2D eigenvalue weighted by molar-refractivity contribution is 5.78. The van der Waals surface area contributed by atoms with Gasteiger partial charge in [-0.25, -0.2) is 0 Å². The molecule has 0 fully saturated rings. The third kappa shape index (κ3) is 8.44. The summed E-state index contributed by atoms with van der Waals surface area (Å²) >= 11 is 0. The van der Waals surface area contributed by atoms with Gasteiger partial charge in [-0.1, -0.05) is 0 Å². The summed E-state index contributed by atoms with van der Waals surface area (Å²) in [4.78, 5) is 15.5. The molecular formula is C13H22N4O3. The minimum Gasteiger partial charge on any atom is -0.395 e. The van der Waals surface area contributed by atoms with Crippen LogP contribution in [0.25, 0.3) is 0 Å². The minimum absolute atomic E-state index is 0.0343. The standard InChI is InChI=1S/C13H22N4O3/c1-20-11-9-16(8-10-18)12-13(19)17(6-2-4-14)7-3-5-15/h18H,2-3,6-12H2,1H3. The molecule has 0 aromatic rings. The zero-order valence-electron chi connectivity index (χ0n) is 11.9. The van der Waals surface area contributed by atoms with Crippen molar-refractivity contribution in [1.29, 1.82) is 10.5 Å². The molecule has 0 radical (unpaired) electrons. The summed E-state index contributed by atoms with van der Waals surface area (Å²) in [5.41, 5.74) is 0. The molecule has 0 aliphatic rings. The van der Waals surface area contributed by atoms with Gasteiger partial charge in [0.25, 0.3) is 0 Å². The van der Waals surface area contributed by atoms with E-state index in [0.717, 1.165) is 0 Å². The van der Waals surface area contributed by atoms with Gasteiger partial charge in [0, 0.05) is 33.3 Å². The van der Waals surface area contributed by atoms with Crippen molar-refractivity contribution in [3.63, 3.8) is 0 Å². The first-order valence-corrected chi connectivity index (χ1v) is 6.53. The molecule has 0 saturated heterocycles. The molecule has 0 aromatic heterocycles. The Balaban J connectivity index is 4.43. The van der Waals surface area contributed by atoms with Gasteiger partial charge in [0.15, 0.2) is 0 Å². The first kappa shape index (κ1) is 18.3.